The van der Waals surface area contributed by atoms with Crippen LogP contribution in [-0.2, 0) is 4.79 Å². The van der Waals surface area contributed by atoms with E-state index in [0.717, 1.165) is 43.1 Å². The molecule has 1 fully saturated rings. The molecule has 1 amide bonds. The molecule has 1 aromatic carbocycles. The first kappa shape index (κ1) is 14.8. The Labute approximate surface area is 120 Å². The van der Waals surface area contributed by atoms with E-state index in [1.165, 1.54) is 0 Å². The van der Waals surface area contributed by atoms with E-state index < -0.39 is 0 Å². The van der Waals surface area contributed by atoms with Crippen molar-refractivity contribution < 1.29 is 9.53 Å². The average molecular weight is 277 g/mol. The minimum absolute atomic E-state index is 0.0536. The van der Waals surface area contributed by atoms with Crippen molar-refractivity contribution in [1.29, 1.82) is 0 Å². The summed E-state index contributed by atoms with van der Waals surface area (Å²) >= 11 is 0. The molecule has 0 saturated carbocycles. The minimum Gasteiger partial charge on any atom is -0.483 e. The molecule has 1 aromatic rings. The number of rotatable bonds is 4. The molecule has 110 valence electrons. The number of amides is 1. The maximum Gasteiger partial charge on any atom is 0.272 e. The predicted octanol–water partition coefficient (Wildman–Crippen LogP) is 0.961. The summed E-state index contributed by atoms with van der Waals surface area (Å²) in [6.07, 6.45) is 0. The zero-order valence-corrected chi connectivity index (χ0v) is 12.5. The largest absolute Gasteiger partial charge is 0.483 e. The van der Waals surface area contributed by atoms with Gasteiger partial charge in [0.05, 0.1) is 0 Å². The molecule has 1 aliphatic heterocycles. The van der Waals surface area contributed by atoms with Crippen LogP contribution in [0, 0.1) is 13.8 Å². The van der Waals surface area contributed by atoms with Crippen LogP contribution in [0.1, 0.15) is 11.1 Å². The molecule has 0 unspecified atom stereocenters. The van der Waals surface area contributed by atoms with Gasteiger partial charge in [-0.2, -0.15) is 0 Å². The highest BCUT2D eigenvalue weighted by molar-refractivity contribution is 5.77. The topological polar surface area (TPSA) is 44.8 Å². The molecule has 1 aliphatic rings. The summed E-state index contributed by atoms with van der Waals surface area (Å²) in [5, 5.41) is 1.95. The highest BCUT2D eigenvalue weighted by Gasteiger charge is 2.16. The number of ether oxygens (including phenoxy) is 1. The normalized spacial score (nSPS) is 16.9. The molecule has 2 rings (SSSR count). The van der Waals surface area contributed by atoms with Gasteiger partial charge in [0.15, 0.2) is 6.61 Å². The van der Waals surface area contributed by atoms with E-state index >= 15 is 0 Å². The van der Waals surface area contributed by atoms with Crippen LogP contribution in [0.25, 0.3) is 0 Å². The van der Waals surface area contributed by atoms with Gasteiger partial charge in [0.2, 0.25) is 0 Å². The Kier molecular flexibility index (Phi) is 4.98. The van der Waals surface area contributed by atoms with Crippen molar-refractivity contribution >= 4 is 5.91 Å². The van der Waals surface area contributed by atoms with E-state index in [0.29, 0.717) is 0 Å². The first-order valence-electron chi connectivity index (χ1n) is 6.98. The number of piperazine rings is 1. The van der Waals surface area contributed by atoms with Crippen molar-refractivity contribution in [3.05, 3.63) is 29.3 Å². The van der Waals surface area contributed by atoms with Crippen LogP contribution < -0.4 is 10.2 Å². The van der Waals surface area contributed by atoms with Gasteiger partial charge >= 0.3 is 0 Å². The van der Waals surface area contributed by atoms with E-state index in [1.54, 1.807) is 0 Å². The van der Waals surface area contributed by atoms with Gasteiger partial charge in [0, 0.05) is 26.2 Å². The molecule has 20 heavy (non-hydrogen) atoms. The summed E-state index contributed by atoms with van der Waals surface area (Å²) in [5.74, 6) is 0.707. The molecule has 5 heteroatoms. The summed E-state index contributed by atoms with van der Waals surface area (Å²) in [6, 6.07) is 5.96. The number of carbonyl (C=O) groups is 1. The molecule has 1 saturated heterocycles. The number of benzene rings is 1. The summed E-state index contributed by atoms with van der Waals surface area (Å²) in [5.41, 5.74) is 5.00. The van der Waals surface area contributed by atoms with Crippen LogP contribution in [0.4, 0.5) is 0 Å². The van der Waals surface area contributed by atoms with Gasteiger partial charge < -0.3 is 9.64 Å². The summed E-state index contributed by atoms with van der Waals surface area (Å²) < 4.78 is 5.64. The van der Waals surface area contributed by atoms with Crippen molar-refractivity contribution in [2.24, 2.45) is 0 Å². The van der Waals surface area contributed by atoms with Crippen molar-refractivity contribution in [1.82, 2.24) is 15.3 Å². The quantitative estimate of drug-likeness (QED) is 0.890. The average Bonchev–Trinajstić information content (AvgIpc) is 2.41. The predicted molar refractivity (Wildman–Crippen MR) is 78.6 cm³/mol. The van der Waals surface area contributed by atoms with E-state index in [-0.39, 0.29) is 12.5 Å². The lowest BCUT2D eigenvalue weighted by molar-refractivity contribution is -0.128. The van der Waals surface area contributed by atoms with Gasteiger partial charge in [-0.05, 0) is 32.0 Å². The van der Waals surface area contributed by atoms with Gasteiger partial charge in [0.1, 0.15) is 5.75 Å². The highest BCUT2D eigenvalue weighted by Crippen LogP contribution is 2.21. The molecule has 0 aromatic heterocycles. The molecule has 1 heterocycles. The fourth-order valence-corrected chi connectivity index (χ4v) is 2.29. The highest BCUT2D eigenvalue weighted by atomic mass is 16.5. The second kappa shape index (κ2) is 6.72. The third kappa shape index (κ3) is 3.95. The van der Waals surface area contributed by atoms with Crippen molar-refractivity contribution in [3.63, 3.8) is 0 Å². The molecule has 1 N–H and O–H groups in total. The lowest BCUT2D eigenvalue weighted by Crippen LogP contribution is -2.53. The number of para-hydroxylation sites is 1. The number of likely N-dealkylation sites (N-methyl/N-ethyl adjacent to an activating group) is 1. The zero-order chi connectivity index (χ0) is 14.5. The number of hydrogen-bond donors (Lipinski definition) is 1. The van der Waals surface area contributed by atoms with Gasteiger partial charge in [-0.1, -0.05) is 18.2 Å². The summed E-state index contributed by atoms with van der Waals surface area (Å²) in [6.45, 7) is 7.67. The van der Waals surface area contributed by atoms with Crippen molar-refractivity contribution in [2.45, 2.75) is 13.8 Å². The van der Waals surface area contributed by atoms with Gasteiger partial charge in [-0.3, -0.25) is 10.2 Å². The monoisotopic (exact) mass is 277 g/mol. The van der Waals surface area contributed by atoms with E-state index in [1.807, 2.05) is 37.1 Å². The number of carbonyl (C=O) groups excluding carboxylic acids is 1. The molecular weight excluding hydrogens is 254 g/mol. The molecule has 5 nitrogen and oxygen atoms in total. The number of nitrogens with zero attached hydrogens (tertiary/aromatic N) is 2. The Morgan fingerprint density at radius 3 is 2.40 bits per heavy atom. The minimum atomic E-state index is -0.0998. The van der Waals surface area contributed by atoms with Crippen LogP contribution in [-0.4, -0.2) is 55.6 Å². The first-order valence-corrected chi connectivity index (χ1v) is 6.98. The van der Waals surface area contributed by atoms with Crippen LogP contribution in [0.2, 0.25) is 0 Å². The first-order chi connectivity index (χ1) is 9.56. The second-order valence-electron chi connectivity index (χ2n) is 5.33. The molecule has 0 atom stereocenters. The standard InChI is InChI=1S/C15H23N3O2/c1-12-5-4-6-13(2)15(12)20-11-14(19)16-18-9-7-17(3)8-10-18/h4-6H,7-11H2,1-3H3,(H,16,19). The summed E-state index contributed by atoms with van der Waals surface area (Å²) in [4.78, 5) is 14.1. The maximum atomic E-state index is 11.9. The number of hydrogen-bond acceptors (Lipinski definition) is 4. The Morgan fingerprint density at radius 2 is 1.80 bits per heavy atom. The van der Waals surface area contributed by atoms with Crippen LogP contribution in [0.15, 0.2) is 18.2 Å². The smallest absolute Gasteiger partial charge is 0.272 e. The molecule has 0 spiro atoms. The van der Waals surface area contributed by atoms with Gasteiger partial charge in [-0.25, -0.2) is 5.01 Å². The third-order valence-electron chi connectivity index (χ3n) is 3.54. The SMILES string of the molecule is Cc1cccc(C)c1OCC(=O)NN1CCN(C)CC1. The third-order valence-corrected chi connectivity index (χ3v) is 3.54. The van der Waals surface area contributed by atoms with Crippen LogP contribution in [0.3, 0.4) is 0 Å². The maximum absolute atomic E-state index is 11.9. The van der Waals surface area contributed by atoms with Crippen molar-refractivity contribution in [2.75, 3.05) is 39.8 Å². The lowest BCUT2D eigenvalue weighted by atomic mass is 10.1. The number of nitrogens with one attached hydrogen (secondary N) is 1. The fourth-order valence-electron chi connectivity index (χ4n) is 2.29. The Balaban J connectivity index is 1.80. The Hall–Kier alpha value is -1.59. The lowest BCUT2D eigenvalue weighted by Gasteiger charge is -2.32. The van der Waals surface area contributed by atoms with E-state index in [9.17, 15) is 4.79 Å². The van der Waals surface area contributed by atoms with Gasteiger partial charge in [-0.15, -0.1) is 0 Å². The Bertz CT molecular complexity index is 448. The number of hydrazine groups is 1. The fraction of sp³-hybridized carbons (Fsp3) is 0.533. The van der Waals surface area contributed by atoms with Crippen LogP contribution >= 0.6 is 0 Å². The molecule has 0 aliphatic carbocycles. The van der Waals surface area contributed by atoms with Crippen molar-refractivity contribution in [3.8, 4) is 5.75 Å². The van der Waals surface area contributed by atoms with Crippen LogP contribution in [0.5, 0.6) is 5.75 Å². The summed E-state index contributed by atoms with van der Waals surface area (Å²) in [7, 11) is 2.09. The molecular formula is C15H23N3O2. The molecule has 0 bridgehead atoms. The molecule has 0 radical (unpaired) electrons. The number of aryl methyl sites for hydroxylation is 2. The van der Waals surface area contributed by atoms with E-state index in [2.05, 4.69) is 17.4 Å². The second-order valence-corrected chi connectivity index (χ2v) is 5.33. The van der Waals surface area contributed by atoms with E-state index in [4.69, 9.17) is 4.74 Å². The zero-order valence-electron chi connectivity index (χ0n) is 12.5. The Morgan fingerprint density at radius 1 is 1.20 bits per heavy atom. The van der Waals surface area contributed by atoms with Gasteiger partial charge in [0.25, 0.3) is 5.91 Å².